The number of ether oxygens (including phenoxy) is 4. The summed E-state index contributed by atoms with van der Waals surface area (Å²) < 4.78 is 21.2. The van der Waals surface area contributed by atoms with Crippen LogP contribution in [-0.4, -0.2) is 93.4 Å². The van der Waals surface area contributed by atoms with Gasteiger partial charge in [-0.2, -0.15) is 0 Å². The van der Waals surface area contributed by atoms with Crippen LogP contribution in [0, 0.1) is 0 Å². The molecule has 0 aliphatic carbocycles. The molecule has 2 aliphatic heterocycles. The number of esters is 2. The number of methoxy groups -OCH3 is 1. The molecule has 2 aliphatic rings. The molecule has 2 aromatic rings. The molecule has 0 radical (unpaired) electrons. The summed E-state index contributed by atoms with van der Waals surface area (Å²) in [5.41, 5.74) is -0.703. The van der Waals surface area contributed by atoms with E-state index >= 15 is 0 Å². The number of β-lactam (4-membered cyclic amide) rings is 1. The molecule has 15 nitrogen and oxygen atoms in total. The van der Waals surface area contributed by atoms with Gasteiger partial charge in [-0.25, -0.2) is 19.4 Å². The lowest BCUT2D eigenvalue weighted by Gasteiger charge is -2.49. The minimum absolute atomic E-state index is 0.0111. The summed E-state index contributed by atoms with van der Waals surface area (Å²) >= 11 is 8.44. The van der Waals surface area contributed by atoms with Crippen molar-refractivity contribution in [2.45, 2.75) is 70.8 Å². The second kappa shape index (κ2) is 16.1. The van der Waals surface area contributed by atoms with Gasteiger partial charge in [0.2, 0.25) is 6.61 Å². The molecule has 50 heavy (non-hydrogen) atoms. The minimum atomic E-state index is -1.07. The number of benzene rings is 1. The second-order valence-corrected chi connectivity index (χ2v) is 15.1. The number of hydrogen-bond donors (Lipinski definition) is 2. The Balaban J connectivity index is 1.49. The Bertz CT molecular complexity index is 1680. The number of nitrogens with zero attached hydrogens (tertiary/aromatic N) is 3. The third kappa shape index (κ3) is 10.1. The van der Waals surface area contributed by atoms with Crippen LogP contribution in [0.2, 0.25) is 0 Å². The molecule has 1 fully saturated rings. The highest BCUT2D eigenvalue weighted by Crippen LogP contribution is 2.41. The Kier molecular flexibility index (Phi) is 12.4. The molecule has 3 amide bonds. The number of carbonyl (C=O) groups is 5. The van der Waals surface area contributed by atoms with Crippen LogP contribution < -0.4 is 15.4 Å². The molecule has 270 valence electrons. The number of amides is 3. The summed E-state index contributed by atoms with van der Waals surface area (Å²) in [7, 11) is 1.54. The van der Waals surface area contributed by atoms with Crippen molar-refractivity contribution in [1.82, 2.24) is 15.2 Å². The van der Waals surface area contributed by atoms with Gasteiger partial charge in [-0.1, -0.05) is 17.3 Å². The van der Waals surface area contributed by atoms with Crippen molar-refractivity contribution in [3.8, 4) is 5.75 Å². The normalized spacial score (nSPS) is 17.6. The van der Waals surface area contributed by atoms with E-state index in [2.05, 4.69) is 20.8 Å². The molecule has 0 bridgehead atoms. The smallest absolute Gasteiger partial charge is 0.413 e. The first kappa shape index (κ1) is 38.5. The predicted molar refractivity (Wildman–Crippen MR) is 186 cm³/mol. The van der Waals surface area contributed by atoms with Gasteiger partial charge < -0.3 is 29.1 Å². The number of anilines is 1. The van der Waals surface area contributed by atoms with Crippen molar-refractivity contribution in [3.63, 3.8) is 0 Å². The molecule has 1 saturated heterocycles. The molecule has 0 unspecified atom stereocenters. The number of rotatable bonds is 12. The summed E-state index contributed by atoms with van der Waals surface area (Å²) in [5, 5.41) is 9.83. The summed E-state index contributed by atoms with van der Waals surface area (Å²) in [6.45, 7) is 9.47. The summed E-state index contributed by atoms with van der Waals surface area (Å²) in [5.74, 6) is -1.96. The van der Waals surface area contributed by atoms with Crippen LogP contribution >= 0.6 is 34.7 Å². The average molecular weight is 752 g/mol. The maximum absolute atomic E-state index is 13.6. The van der Waals surface area contributed by atoms with E-state index in [1.165, 1.54) is 22.0 Å². The van der Waals surface area contributed by atoms with Crippen LogP contribution in [0.3, 0.4) is 0 Å². The van der Waals surface area contributed by atoms with E-state index in [1.807, 2.05) is 0 Å². The highest BCUT2D eigenvalue weighted by molar-refractivity contribution is 8.00. The van der Waals surface area contributed by atoms with E-state index in [1.54, 1.807) is 72.9 Å². The molecule has 0 spiro atoms. The molecular weight excluding hydrogens is 714 g/mol. The van der Waals surface area contributed by atoms with Crippen LogP contribution in [0.25, 0.3) is 0 Å². The quantitative estimate of drug-likeness (QED) is 0.0789. The second-order valence-electron chi connectivity index (χ2n) is 12.8. The summed E-state index contributed by atoms with van der Waals surface area (Å²) in [6.07, 6.45) is -0.764. The van der Waals surface area contributed by atoms with Crippen LogP contribution in [0.15, 0.2) is 46.1 Å². The van der Waals surface area contributed by atoms with E-state index in [4.69, 9.17) is 35.4 Å². The first-order valence-electron chi connectivity index (χ1n) is 15.2. The summed E-state index contributed by atoms with van der Waals surface area (Å²) in [4.78, 5) is 75.5. The molecular formula is C32H38ClN5O10S2. The Hall–Kier alpha value is -4.35. The maximum atomic E-state index is 13.6. The van der Waals surface area contributed by atoms with E-state index < -0.39 is 59.1 Å². The van der Waals surface area contributed by atoms with Crippen molar-refractivity contribution in [2.24, 2.45) is 5.16 Å². The molecule has 1 aromatic heterocycles. The molecule has 0 saturated carbocycles. The first-order valence-corrected chi connectivity index (χ1v) is 17.7. The average Bonchev–Trinajstić information content (AvgIpc) is 3.49. The molecule has 18 heteroatoms. The number of fused-ring (bicyclic) bond motifs is 1. The molecule has 2 N–H and O–H groups in total. The fourth-order valence-electron chi connectivity index (χ4n) is 4.48. The zero-order chi connectivity index (χ0) is 36.8. The van der Waals surface area contributed by atoms with Crippen molar-refractivity contribution in [1.29, 1.82) is 0 Å². The fraction of sp³-hybridized carbons (Fsp3) is 0.469. The van der Waals surface area contributed by atoms with Gasteiger partial charge in [0.25, 0.3) is 11.8 Å². The highest BCUT2D eigenvalue weighted by atomic mass is 35.5. The van der Waals surface area contributed by atoms with E-state index in [0.717, 1.165) is 11.3 Å². The molecule has 1 aromatic carbocycles. The number of aromatic nitrogens is 1. The molecule has 3 heterocycles. The van der Waals surface area contributed by atoms with Gasteiger partial charge in [-0.15, -0.1) is 34.7 Å². The van der Waals surface area contributed by atoms with Crippen LogP contribution in [0.1, 0.15) is 52.8 Å². The van der Waals surface area contributed by atoms with Gasteiger partial charge in [0, 0.05) is 17.0 Å². The lowest BCUT2D eigenvalue weighted by atomic mass is 10.0. The Morgan fingerprint density at radius 2 is 1.74 bits per heavy atom. The maximum Gasteiger partial charge on any atom is 0.413 e. The van der Waals surface area contributed by atoms with Gasteiger partial charge in [-0.05, 0) is 64.8 Å². The van der Waals surface area contributed by atoms with Gasteiger partial charge in [0.05, 0.1) is 7.11 Å². The standard InChI is InChI=1S/C32H38ClN5O10S2/c1-31(2,3)47-21(39)14-46-37-22(20-16-50-29(34-20)36-30(43)48-32(4,5)6)25(40)35-23-26(41)38-24(18(12-33)15-49-27(23)38)28(42)45-13-17-8-10-19(44-7)11-9-17/h8-11,16,23,27H,12-15H2,1-7H3,(H,35,40)(H,34,36,43)/b37-22+/t23-,27-/m1/s1. The number of alkyl halides is 1. The minimum Gasteiger partial charge on any atom is -0.497 e. The Labute approximate surface area is 302 Å². The predicted octanol–water partition coefficient (Wildman–Crippen LogP) is 4.20. The first-order chi connectivity index (χ1) is 23.5. The lowest BCUT2D eigenvalue weighted by molar-refractivity contribution is -0.160. The summed E-state index contributed by atoms with van der Waals surface area (Å²) in [6, 6.07) is 5.89. The lowest BCUT2D eigenvalue weighted by Crippen LogP contribution is -2.71. The van der Waals surface area contributed by atoms with Gasteiger partial charge in [-0.3, -0.25) is 19.8 Å². The number of thiazole rings is 1. The number of halogens is 1. The van der Waals surface area contributed by atoms with Crippen molar-refractivity contribution in [2.75, 3.05) is 30.7 Å². The third-order valence-corrected chi connectivity index (χ3v) is 8.97. The Morgan fingerprint density at radius 3 is 2.36 bits per heavy atom. The Morgan fingerprint density at radius 1 is 1.06 bits per heavy atom. The van der Waals surface area contributed by atoms with E-state index in [0.29, 0.717) is 22.6 Å². The number of oxime groups is 1. The number of carbonyl (C=O) groups excluding carboxylic acids is 5. The van der Waals surface area contributed by atoms with E-state index in [9.17, 15) is 24.0 Å². The number of hydrogen-bond acceptors (Lipinski definition) is 14. The number of nitrogens with one attached hydrogen (secondary N) is 2. The fourth-order valence-corrected chi connectivity index (χ4v) is 6.84. The van der Waals surface area contributed by atoms with Crippen molar-refractivity contribution in [3.05, 3.63) is 52.2 Å². The monoisotopic (exact) mass is 751 g/mol. The largest absolute Gasteiger partial charge is 0.497 e. The van der Waals surface area contributed by atoms with Gasteiger partial charge in [0.1, 0.15) is 46.4 Å². The number of thioether (sulfide) groups is 1. The topological polar surface area (TPSA) is 184 Å². The van der Waals surface area contributed by atoms with Crippen molar-refractivity contribution >= 4 is 75.4 Å². The van der Waals surface area contributed by atoms with E-state index in [-0.39, 0.29) is 34.7 Å². The molecule has 2 atom stereocenters. The zero-order valence-corrected chi connectivity index (χ0v) is 30.9. The third-order valence-electron chi connectivity index (χ3n) is 6.55. The van der Waals surface area contributed by atoms with Crippen LogP contribution in [-0.2, 0) is 44.8 Å². The SMILES string of the molecule is COc1ccc(COC(=O)C2=C(CCl)CS[C@@H]3[C@H](NC(=O)/C(=N/OCC(=O)OC(C)(C)C)c4csc(NC(=O)OC(C)(C)C)n4)C(=O)N23)cc1. The van der Waals surface area contributed by atoms with Crippen molar-refractivity contribution < 1.29 is 47.8 Å². The van der Waals surface area contributed by atoms with Crippen LogP contribution in [0.5, 0.6) is 5.75 Å². The zero-order valence-electron chi connectivity index (χ0n) is 28.5. The van der Waals surface area contributed by atoms with Gasteiger partial charge in [0.15, 0.2) is 10.8 Å². The van der Waals surface area contributed by atoms with Gasteiger partial charge >= 0.3 is 18.0 Å². The van der Waals surface area contributed by atoms with Crippen LogP contribution in [0.4, 0.5) is 9.93 Å². The molecule has 4 rings (SSSR count). The highest BCUT2D eigenvalue weighted by Gasteiger charge is 2.54.